The molecule has 2 aliphatic rings. The lowest BCUT2D eigenvalue weighted by Crippen LogP contribution is -2.49. The Labute approximate surface area is 186 Å². The van der Waals surface area contributed by atoms with E-state index in [4.69, 9.17) is 4.74 Å². The maximum absolute atomic E-state index is 13.1. The summed E-state index contributed by atoms with van der Waals surface area (Å²) in [7, 11) is 0. The van der Waals surface area contributed by atoms with E-state index in [1.54, 1.807) is 27.8 Å². The lowest BCUT2D eigenvalue weighted by molar-refractivity contribution is -0.132. The molecule has 0 unspecified atom stereocenters. The summed E-state index contributed by atoms with van der Waals surface area (Å²) in [5, 5.41) is 4.38. The van der Waals surface area contributed by atoms with E-state index < -0.39 is 0 Å². The summed E-state index contributed by atoms with van der Waals surface area (Å²) in [4.78, 5) is 31.1. The van der Waals surface area contributed by atoms with Gasteiger partial charge in [-0.05, 0) is 37.3 Å². The third-order valence-corrected chi connectivity index (χ3v) is 5.61. The second-order valence-corrected chi connectivity index (χ2v) is 7.58. The molecule has 3 heterocycles. The number of ether oxygens (including phenoxy) is 1. The number of aryl methyl sites for hydroxylation is 1. The average Bonchev–Trinajstić information content (AvgIpc) is 3.14. The van der Waals surface area contributed by atoms with Crippen molar-refractivity contribution in [1.29, 1.82) is 0 Å². The van der Waals surface area contributed by atoms with Crippen molar-refractivity contribution < 1.29 is 18.7 Å². The molecule has 1 aromatic carbocycles. The summed E-state index contributed by atoms with van der Waals surface area (Å²) in [6.45, 7) is 6.71. The lowest BCUT2D eigenvalue weighted by atomic mass is 10.2. The molecule has 8 nitrogen and oxygen atoms in total. The van der Waals surface area contributed by atoms with Crippen LogP contribution < -0.4 is 4.90 Å². The van der Waals surface area contributed by atoms with Gasteiger partial charge in [0, 0.05) is 50.6 Å². The van der Waals surface area contributed by atoms with Gasteiger partial charge in [-0.3, -0.25) is 14.3 Å². The fourth-order valence-electron chi connectivity index (χ4n) is 3.80. The first-order valence-corrected chi connectivity index (χ1v) is 10.2. The number of hydrogen-bond donors (Lipinski definition) is 0. The second kappa shape index (κ2) is 10.1. The first-order valence-electron chi connectivity index (χ1n) is 10.2. The summed E-state index contributed by atoms with van der Waals surface area (Å²) in [5.41, 5.74) is 2.10. The molecule has 0 atom stereocenters. The molecule has 168 valence electrons. The number of piperazine rings is 1. The van der Waals surface area contributed by atoms with Crippen LogP contribution in [0.25, 0.3) is 0 Å². The van der Waals surface area contributed by atoms with Crippen LogP contribution in [-0.4, -0.2) is 83.9 Å². The van der Waals surface area contributed by atoms with E-state index in [0.717, 1.165) is 11.4 Å². The Bertz CT molecular complexity index is 906. The van der Waals surface area contributed by atoms with Crippen LogP contribution in [0.2, 0.25) is 0 Å². The van der Waals surface area contributed by atoms with E-state index in [1.807, 2.05) is 11.8 Å². The van der Waals surface area contributed by atoms with Gasteiger partial charge in [-0.25, -0.2) is 4.39 Å². The first-order chi connectivity index (χ1) is 14.5. The van der Waals surface area contributed by atoms with Crippen LogP contribution in [0.5, 0.6) is 0 Å². The van der Waals surface area contributed by atoms with Gasteiger partial charge >= 0.3 is 0 Å². The van der Waals surface area contributed by atoms with Crippen LogP contribution in [-0.2, 0) is 16.1 Å². The molecule has 2 aliphatic heterocycles. The third kappa shape index (κ3) is 5.34. The van der Waals surface area contributed by atoms with Crippen molar-refractivity contribution in [3.8, 4) is 0 Å². The zero-order chi connectivity index (χ0) is 21.1. The normalized spacial score (nSPS) is 16.8. The Kier molecular flexibility index (Phi) is 7.50. The van der Waals surface area contributed by atoms with Crippen LogP contribution in [0.3, 0.4) is 0 Å². The molecule has 0 N–H and O–H groups in total. The number of halogens is 2. The molecular weight excluding hydrogens is 425 g/mol. The quantitative estimate of drug-likeness (QED) is 0.705. The second-order valence-electron chi connectivity index (χ2n) is 7.58. The van der Waals surface area contributed by atoms with Crippen LogP contribution in [0.4, 0.5) is 10.1 Å². The fraction of sp³-hybridized carbons (Fsp3) is 0.476. The van der Waals surface area contributed by atoms with Crippen molar-refractivity contribution in [3.63, 3.8) is 0 Å². The van der Waals surface area contributed by atoms with Gasteiger partial charge in [0.15, 0.2) is 5.69 Å². The third-order valence-electron chi connectivity index (χ3n) is 5.61. The van der Waals surface area contributed by atoms with Gasteiger partial charge in [0.2, 0.25) is 5.91 Å². The van der Waals surface area contributed by atoms with E-state index in [2.05, 4.69) is 10.00 Å². The molecule has 2 saturated heterocycles. The molecule has 0 bridgehead atoms. The van der Waals surface area contributed by atoms with Crippen LogP contribution in [0, 0.1) is 12.7 Å². The topological polar surface area (TPSA) is 70.9 Å². The Hall–Kier alpha value is -2.65. The number of morpholine rings is 1. The van der Waals surface area contributed by atoms with Gasteiger partial charge < -0.3 is 19.4 Å². The highest BCUT2D eigenvalue weighted by atomic mass is 35.5. The molecular formula is C21H27ClFN5O3. The van der Waals surface area contributed by atoms with Crippen molar-refractivity contribution in [3.05, 3.63) is 47.5 Å². The van der Waals surface area contributed by atoms with Crippen molar-refractivity contribution in [2.75, 3.05) is 57.4 Å². The maximum Gasteiger partial charge on any atom is 0.274 e. The van der Waals surface area contributed by atoms with Gasteiger partial charge in [0.1, 0.15) is 12.4 Å². The molecule has 31 heavy (non-hydrogen) atoms. The molecule has 0 aliphatic carbocycles. The standard InChI is InChI=1S/C21H26FN5O3.ClH/c1-16-14-19(21(29)26-10-12-30-13-11-26)23-27(16)15-20(28)25-8-6-24(7-9-25)18-4-2-17(22)3-5-18;/h2-5,14H,6-13,15H2,1H3;1H. The molecule has 2 aromatic rings. The summed E-state index contributed by atoms with van der Waals surface area (Å²) in [6.07, 6.45) is 0. The lowest BCUT2D eigenvalue weighted by Gasteiger charge is -2.36. The van der Waals surface area contributed by atoms with Crippen molar-refractivity contribution >= 4 is 29.9 Å². The summed E-state index contributed by atoms with van der Waals surface area (Å²) in [5.74, 6) is -0.403. The van der Waals surface area contributed by atoms with E-state index in [1.165, 1.54) is 12.1 Å². The molecule has 0 saturated carbocycles. The number of hydrogen-bond acceptors (Lipinski definition) is 5. The van der Waals surface area contributed by atoms with Crippen LogP contribution >= 0.6 is 12.4 Å². The molecule has 0 spiro atoms. The highest BCUT2D eigenvalue weighted by molar-refractivity contribution is 5.92. The summed E-state index contributed by atoms with van der Waals surface area (Å²) < 4.78 is 20.0. The fourth-order valence-corrected chi connectivity index (χ4v) is 3.80. The summed E-state index contributed by atoms with van der Waals surface area (Å²) >= 11 is 0. The first kappa shape index (κ1) is 23.0. The van der Waals surface area contributed by atoms with Gasteiger partial charge in [-0.2, -0.15) is 5.10 Å². The van der Waals surface area contributed by atoms with E-state index in [0.29, 0.717) is 58.2 Å². The predicted octanol–water partition coefficient (Wildman–Crippen LogP) is 1.57. The number of anilines is 1. The van der Waals surface area contributed by atoms with Gasteiger partial charge in [-0.1, -0.05) is 0 Å². The number of rotatable bonds is 4. The highest BCUT2D eigenvalue weighted by Gasteiger charge is 2.24. The van der Waals surface area contributed by atoms with Crippen LogP contribution in [0.15, 0.2) is 30.3 Å². The molecule has 2 amide bonds. The number of benzene rings is 1. The molecule has 0 radical (unpaired) electrons. The molecule has 10 heteroatoms. The predicted molar refractivity (Wildman–Crippen MR) is 116 cm³/mol. The Morgan fingerprint density at radius 1 is 1.00 bits per heavy atom. The number of amides is 2. The highest BCUT2D eigenvalue weighted by Crippen LogP contribution is 2.17. The Balaban J connectivity index is 0.00000272. The van der Waals surface area contributed by atoms with E-state index in [-0.39, 0.29) is 36.6 Å². The zero-order valence-corrected chi connectivity index (χ0v) is 18.3. The maximum atomic E-state index is 13.1. The molecule has 4 rings (SSSR count). The van der Waals surface area contributed by atoms with Crippen molar-refractivity contribution in [1.82, 2.24) is 19.6 Å². The zero-order valence-electron chi connectivity index (χ0n) is 17.5. The largest absolute Gasteiger partial charge is 0.378 e. The molecule has 2 fully saturated rings. The van der Waals surface area contributed by atoms with Gasteiger partial charge in [0.25, 0.3) is 5.91 Å². The Morgan fingerprint density at radius 2 is 1.65 bits per heavy atom. The number of carbonyl (C=O) groups excluding carboxylic acids is 2. The van der Waals surface area contributed by atoms with Crippen LogP contribution in [0.1, 0.15) is 16.2 Å². The average molecular weight is 452 g/mol. The Morgan fingerprint density at radius 3 is 2.29 bits per heavy atom. The number of carbonyl (C=O) groups is 2. The SMILES string of the molecule is Cc1cc(C(=O)N2CCOCC2)nn1CC(=O)N1CCN(c2ccc(F)cc2)CC1.Cl. The minimum Gasteiger partial charge on any atom is -0.378 e. The van der Waals surface area contributed by atoms with E-state index >= 15 is 0 Å². The van der Waals surface area contributed by atoms with Crippen molar-refractivity contribution in [2.45, 2.75) is 13.5 Å². The van der Waals surface area contributed by atoms with E-state index in [9.17, 15) is 14.0 Å². The molecule has 1 aromatic heterocycles. The number of nitrogens with zero attached hydrogens (tertiary/aromatic N) is 5. The monoisotopic (exact) mass is 451 g/mol. The summed E-state index contributed by atoms with van der Waals surface area (Å²) in [6, 6.07) is 8.14. The smallest absolute Gasteiger partial charge is 0.274 e. The van der Waals surface area contributed by atoms with Crippen molar-refractivity contribution in [2.24, 2.45) is 0 Å². The minimum absolute atomic E-state index is 0. The van der Waals surface area contributed by atoms with Gasteiger partial charge in [0.05, 0.1) is 13.2 Å². The minimum atomic E-state index is -0.256. The number of aromatic nitrogens is 2. The van der Waals surface area contributed by atoms with Gasteiger partial charge in [-0.15, -0.1) is 12.4 Å².